The van der Waals surface area contributed by atoms with Crippen molar-refractivity contribution >= 4 is 29.8 Å². The number of carbonyl (C=O) groups is 5. The average Bonchev–Trinajstić information content (AvgIpc) is 3.58. The molecular formula is C38H43NO12. The normalized spacial score (nSPS) is 18.2. The second-order valence-corrected chi connectivity index (χ2v) is 13.0. The number of carboxylic acid groups (broad SMARTS) is 1. The standard InChI is InChI=1S/C38H43NO12/c1-25(30(21-16-26-12-8-6-9-13-26)27-17-19-29(20-18-27)50-28-14-10-7-11-15-28)39(22-32(40)47-24-48-35(44)37(2,3)4)33(41)31-23-49-38(51-31,34(42)43)36(45)46-5/h6-15,17-20,25,30-31H,16,21-24H2,1-5H3,(H,42,43)/t25-,30+,31+,38+/m1/s1. The molecule has 13 nitrogen and oxygen atoms in total. The van der Waals surface area contributed by atoms with E-state index in [2.05, 4.69) is 4.74 Å². The third-order valence-electron chi connectivity index (χ3n) is 8.31. The van der Waals surface area contributed by atoms with Crippen LogP contribution in [0.2, 0.25) is 0 Å². The molecule has 13 heteroatoms. The molecule has 0 aliphatic carbocycles. The van der Waals surface area contributed by atoms with E-state index >= 15 is 0 Å². The Morgan fingerprint density at radius 2 is 1.51 bits per heavy atom. The number of aliphatic carboxylic acids is 1. The summed E-state index contributed by atoms with van der Waals surface area (Å²) in [5, 5.41) is 9.79. The van der Waals surface area contributed by atoms with Crippen LogP contribution in [0.15, 0.2) is 84.9 Å². The molecule has 1 heterocycles. The number of esters is 3. The maximum absolute atomic E-state index is 14.2. The van der Waals surface area contributed by atoms with Gasteiger partial charge in [-0.3, -0.25) is 14.4 Å². The van der Waals surface area contributed by atoms with Gasteiger partial charge in [-0.05, 0) is 75.9 Å². The summed E-state index contributed by atoms with van der Waals surface area (Å²) in [5.74, 6) is -7.50. The fourth-order valence-corrected chi connectivity index (χ4v) is 5.46. The van der Waals surface area contributed by atoms with Crippen molar-refractivity contribution in [3.8, 4) is 11.5 Å². The molecule has 0 saturated carbocycles. The first-order valence-corrected chi connectivity index (χ1v) is 16.4. The zero-order valence-electron chi connectivity index (χ0n) is 29.2. The summed E-state index contributed by atoms with van der Waals surface area (Å²) in [6, 6.07) is 25.6. The third-order valence-corrected chi connectivity index (χ3v) is 8.31. The van der Waals surface area contributed by atoms with Gasteiger partial charge in [0.1, 0.15) is 18.0 Å². The van der Waals surface area contributed by atoms with Crippen LogP contribution in [0.4, 0.5) is 0 Å². The Balaban J connectivity index is 1.64. The predicted octanol–water partition coefficient (Wildman–Crippen LogP) is 4.87. The summed E-state index contributed by atoms with van der Waals surface area (Å²) in [5.41, 5.74) is 1.03. The number of carboxylic acids is 1. The van der Waals surface area contributed by atoms with Crippen molar-refractivity contribution in [2.24, 2.45) is 5.41 Å². The molecule has 1 saturated heterocycles. The van der Waals surface area contributed by atoms with E-state index in [0.29, 0.717) is 24.3 Å². The van der Waals surface area contributed by atoms with Gasteiger partial charge in [0.15, 0.2) is 6.10 Å². The van der Waals surface area contributed by atoms with Crippen LogP contribution in [-0.2, 0) is 54.1 Å². The summed E-state index contributed by atoms with van der Waals surface area (Å²) >= 11 is 0. The van der Waals surface area contributed by atoms with E-state index in [0.717, 1.165) is 18.2 Å². The Hall–Kier alpha value is -5.27. The molecule has 0 spiro atoms. The smallest absolute Gasteiger partial charge is 0.379 e. The molecule has 272 valence electrons. The van der Waals surface area contributed by atoms with Gasteiger partial charge < -0.3 is 38.4 Å². The second-order valence-electron chi connectivity index (χ2n) is 13.0. The number of hydrogen-bond donors (Lipinski definition) is 1. The van der Waals surface area contributed by atoms with Crippen LogP contribution >= 0.6 is 0 Å². The van der Waals surface area contributed by atoms with Crippen molar-refractivity contribution < 1.29 is 57.5 Å². The van der Waals surface area contributed by atoms with E-state index < -0.39 is 79.0 Å². The SMILES string of the molecule is COC(=O)[C@@]1(C(=O)O)OC[C@@H](C(=O)N(CC(=O)OCOC(=O)C(C)(C)C)[C@H](C)[C@H](CCc2ccccc2)c2ccc(Oc3ccccc3)cc2)O1. The maximum atomic E-state index is 14.2. The van der Waals surface area contributed by atoms with Gasteiger partial charge in [0, 0.05) is 12.0 Å². The number of ether oxygens (including phenoxy) is 6. The lowest BCUT2D eigenvalue weighted by molar-refractivity contribution is -0.220. The van der Waals surface area contributed by atoms with Gasteiger partial charge in [0.05, 0.1) is 19.1 Å². The van der Waals surface area contributed by atoms with Crippen molar-refractivity contribution in [2.45, 2.75) is 64.4 Å². The van der Waals surface area contributed by atoms with Gasteiger partial charge in [-0.25, -0.2) is 9.59 Å². The van der Waals surface area contributed by atoms with Gasteiger partial charge in [0.25, 0.3) is 5.91 Å². The summed E-state index contributed by atoms with van der Waals surface area (Å²) in [7, 11) is 0.958. The molecule has 0 radical (unpaired) electrons. The zero-order valence-corrected chi connectivity index (χ0v) is 29.2. The summed E-state index contributed by atoms with van der Waals surface area (Å²) in [6.45, 7) is 4.76. The molecule has 0 unspecified atom stereocenters. The molecule has 0 aromatic heterocycles. The first-order chi connectivity index (χ1) is 24.2. The molecule has 0 bridgehead atoms. The second kappa shape index (κ2) is 17.1. The first-order valence-electron chi connectivity index (χ1n) is 16.4. The highest BCUT2D eigenvalue weighted by atomic mass is 16.8. The highest BCUT2D eigenvalue weighted by molar-refractivity contribution is 6.02. The van der Waals surface area contributed by atoms with E-state index in [-0.39, 0.29) is 0 Å². The summed E-state index contributed by atoms with van der Waals surface area (Å²) in [4.78, 5) is 65.3. The van der Waals surface area contributed by atoms with Gasteiger partial charge in [-0.1, -0.05) is 60.7 Å². The predicted molar refractivity (Wildman–Crippen MR) is 181 cm³/mol. The molecule has 4 atom stereocenters. The summed E-state index contributed by atoms with van der Waals surface area (Å²) in [6.07, 6.45) is -0.457. The largest absolute Gasteiger partial charge is 0.477 e. The minimum absolute atomic E-state index is 0.390. The highest BCUT2D eigenvalue weighted by Gasteiger charge is 2.59. The van der Waals surface area contributed by atoms with Crippen molar-refractivity contribution in [2.75, 3.05) is 27.1 Å². The molecular weight excluding hydrogens is 662 g/mol. The lowest BCUT2D eigenvalue weighted by atomic mass is 9.85. The van der Waals surface area contributed by atoms with Crippen LogP contribution in [0.25, 0.3) is 0 Å². The molecule has 51 heavy (non-hydrogen) atoms. The van der Waals surface area contributed by atoms with Crippen LogP contribution in [0, 0.1) is 5.41 Å². The summed E-state index contributed by atoms with van der Waals surface area (Å²) < 4.78 is 31.5. The quantitative estimate of drug-likeness (QED) is 0.130. The highest BCUT2D eigenvalue weighted by Crippen LogP contribution is 2.33. The van der Waals surface area contributed by atoms with E-state index in [1.807, 2.05) is 72.8 Å². The van der Waals surface area contributed by atoms with Crippen molar-refractivity contribution in [1.29, 1.82) is 0 Å². The average molecular weight is 706 g/mol. The van der Waals surface area contributed by atoms with E-state index in [9.17, 15) is 29.1 Å². The van der Waals surface area contributed by atoms with E-state index in [4.69, 9.17) is 23.7 Å². The maximum Gasteiger partial charge on any atom is 0.379 e. The van der Waals surface area contributed by atoms with E-state index in [1.165, 1.54) is 4.90 Å². The Kier molecular flexibility index (Phi) is 12.9. The molecule has 1 N–H and O–H groups in total. The number of hydrogen-bond acceptors (Lipinski definition) is 11. The molecule has 3 aromatic rings. The lowest BCUT2D eigenvalue weighted by Crippen LogP contribution is -2.52. The van der Waals surface area contributed by atoms with Crippen LogP contribution < -0.4 is 4.74 Å². The monoisotopic (exact) mass is 705 g/mol. The topological polar surface area (TPSA) is 164 Å². The zero-order chi connectivity index (χ0) is 37.2. The number of amides is 1. The first kappa shape index (κ1) is 38.5. The number of benzene rings is 3. The minimum Gasteiger partial charge on any atom is -0.477 e. The number of rotatable bonds is 15. The van der Waals surface area contributed by atoms with Crippen LogP contribution in [-0.4, -0.2) is 84.8 Å². The number of aryl methyl sites for hydroxylation is 1. The molecule has 1 aliphatic heterocycles. The lowest BCUT2D eigenvalue weighted by Gasteiger charge is -2.36. The number of para-hydroxylation sites is 1. The fourth-order valence-electron chi connectivity index (χ4n) is 5.46. The van der Waals surface area contributed by atoms with Crippen molar-refractivity contribution in [3.05, 3.63) is 96.1 Å². The van der Waals surface area contributed by atoms with E-state index in [1.54, 1.807) is 39.8 Å². The van der Waals surface area contributed by atoms with Crippen LogP contribution in [0.3, 0.4) is 0 Å². The van der Waals surface area contributed by atoms with Gasteiger partial charge in [-0.2, -0.15) is 0 Å². The molecule has 1 amide bonds. The third kappa shape index (κ3) is 9.92. The fraction of sp³-hybridized carbons (Fsp3) is 0.395. The van der Waals surface area contributed by atoms with Crippen molar-refractivity contribution in [1.82, 2.24) is 4.90 Å². The van der Waals surface area contributed by atoms with Crippen molar-refractivity contribution in [3.63, 3.8) is 0 Å². The number of methoxy groups -OCH3 is 1. The minimum atomic E-state index is -2.87. The van der Waals surface area contributed by atoms with Gasteiger partial charge in [-0.15, -0.1) is 0 Å². The van der Waals surface area contributed by atoms with Gasteiger partial charge in [0.2, 0.25) is 6.79 Å². The molecule has 4 rings (SSSR count). The van der Waals surface area contributed by atoms with Crippen LogP contribution in [0.5, 0.6) is 11.5 Å². The van der Waals surface area contributed by atoms with Crippen LogP contribution in [0.1, 0.15) is 51.2 Å². The Morgan fingerprint density at radius 1 is 0.902 bits per heavy atom. The molecule has 1 aliphatic rings. The number of carbonyl (C=O) groups excluding carboxylic acids is 4. The molecule has 3 aromatic carbocycles. The number of nitrogens with zero attached hydrogens (tertiary/aromatic N) is 1. The Labute approximate surface area is 296 Å². The Morgan fingerprint density at radius 3 is 2.10 bits per heavy atom. The Bertz CT molecular complexity index is 1660. The molecule has 1 fully saturated rings. The van der Waals surface area contributed by atoms with Gasteiger partial charge >= 0.3 is 29.7 Å².